The molecule has 0 fully saturated rings. The number of rotatable bonds is 4. The van der Waals surface area contributed by atoms with Gasteiger partial charge in [0.05, 0.1) is 30.6 Å². The molecule has 0 saturated carbocycles. The number of hydrogen-bond donors (Lipinski definition) is 1. The summed E-state index contributed by atoms with van der Waals surface area (Å²) in [6, 6.07) is 16.3. The van der Waals surface area contributed by atoms with Crippen LogP contribution in [0.15, 0.2) is 80.5 Å². The van der Waals surface area contributed by atoms with Gasteiger partial charge in [-0.25, -0.2) is 4.99 Å². The van der Waals surface area contributed by atoms with E-state index >= 15 is 0 Å². The zero-order chi connectivity index (χ0) is 27.4. The Balaban J connectivity index is 1.62. The summed E-state index contributed by atoms with van der Waals surface area (Å²) >= 11 is 4.27. The fourth-order valence-electron chi connectivity index (χ4n) is 5.11. The van der Waals surface area contributed by atoms with E-state index < -0.39 is 27.3 Å². The largest absolute Gasteiger partial charge is 0.501 e. The van der Waals surface area contributed by atoms with Gasteiger partial charge in [0.1, 0.15) is 0 Å². The Bertz CT molecular complexity index is 1940. The molecule has 1 atom stereocenters. The van der Waals surface area contributed by atoms with Crippen LogP contribution in [0.5, 0.6) is 5.75 Å². The molecule has 0 radical (unpaired) electrons. The summed E-state index contributed by atoms with van der Waals surface area (Å²) in [5, 5.41) is 33.0. The second kappa shape index (κ2) is 9.40. The maximum atomic E-state index is 13.8. The number of hydrogen-bond acceptors (Lipinski definition) is 8. The lowest BCUT2D eigenvalue weighted by molar-refractivity contribution is -0.386. The van der Waals surface area contributed by atoms with Crippen molar-refractivity contribution in [3.8, 4) is 5.75 Å². The first-order valence-electron chi connectivity index (χ1n) is 11.8. The van der Waals surface area contributed by atoms with Crippen LogP contribution >= 0.6 is 27.3 Å². The standard InChI is InChI=1S/C27H17BrN4O6S/c28-20-10-14(11-21(25(20)33)32(37)38)12-22-26(34)30-24(16-5-3-6-17(13-16)31(35)36)19-9-8-15-4-1-2-7-18(15)23(19)29-27(30)39-22/h1-7,10-13,24,33H,8-9H2/b22-12-. The Morgan fingerprint density at radius 1 is 1.05 bits per heavy atom. The fourth-order valence-corrected chi connectivity index (χ4v) is 6.58. The number of phenols is 1. The molecule has 10 nitrogen and oxygen atoms in total. The van der Waals surface area contributed by atoms with Gasteiger partial charge in [-0.2, -0.15) is 0 Å². The Morgan fingerprint density at radius 3 is 2.62 bits per heavy atom. The number of benzene rings is 3. The highest BCUT2D eigenvalue weighted by molar-refractivity contribution is 9.10. The molecule has 1 unspecified atom stereocenters. The Kier molecular flexibility index (Phi) is 6.00. The molecule has 1 aliphatic carbocycles. The summed E-state index contributed by atoms with van der Waals surface area (Å²) in [7, 11) is 0. The van der Waals surface area contributed by atoms with Crippen LogP contribution in [0.2, 0.25) is 0 Å². The highest BCUT2D eigenvalue weighted by Gasteiger charge is 2.33. The molecule has 1 aromatic heterocycles. The lowest BCUT2D eigenvalue weighted by Gasteiger charge is -2.30. The summed E-state index contributed by atoms with van der Waals surface area (Å²) in [5.74, 6) is -0.504. The van der Waals surface area contributed by atoms with Crippen LogP contribution in [0.25, 0.3) is 11.8 Å². The van der Waals surface area contributed by atoms with Gasteiger partial charge in [-0.1, -0.05) is 47.7 Å². The van der Waals surface area contributed by atoms with E-state index in [9.17, 15) is 30.1 Å². The molecule has 0 spiro atoms. The van der Waals surface area contributed by atoms with E-state index in [0.29, 0.717) is 22.3 Å². The maximum Gasteiger partial charge on any atom is 0.312 e. The van der Waals surface area contributed by atoms with E-state index in [1.54, 1.807) is 16.7 Å². The molecule has 39 heavy (non-hydrogen) atoms. The van der Waals surface area contributed by atoms with Crippen molar-refractivity contribution in [1.29, 1.82) is 0 Å². The molecule has 12 heteroatoms. The van der Waals surface area contributed by atoms with E-state index in [1.807, 2.05) is 24.3 Å². The third kappa shape index (κ3) is 4.17. The number of nitrogens with zero attached hydrogens (tertiary/aromatic N) is 4. The first-order valence-corrected chi connectivity index (χ1v) is 13.4. The number of halogens is 1. The number of fused-ring (bicyclic) bond motifs is 3. The molecule has 6 rings (SSSR count). The maximum absolute atomic E-state index is 13.8. The molecule has 3 aromatic carbocycles. The minimum atomic E-state index is -0.702. The summed E-state index contributed by atoms with van der Waals surface area (Å²) in [5.41, 5.74) is 3.76. The van der Waals surface area contributed by atoms with Gasteiger partial charge in [0.2, 0.25) is 5.75 Å². The topological polar surface area (TPSA) is 141 Å². The normalized spacial score (nSPS) is 16.2. The second-order valence-electron chi connectivity index (χ2n) is 9.09. The van der Waals surface area contributed by atoms with Gasteiger partial charge in [0, 0.05) is 23.8 Å². The van der Waals surface area contributed by atoms with Crippen LogP contribution in [0.3, 0.4) is 0 Å². The number of non-ortho nitro benzene ring substituents is 1. The predicted octanol–water partition coefficient (Wildman–Crippen LogP) is 4.60. The number of nitro benzene ring substituents is 2. The summed E-state index contributed by atoms with van der Waals surface area (Å²) in [4.78, 5) is 41.0. The van der Waals surface area contributed by atoms with Gasteiger partial charge >= 0.3 is 5.69 Å². The molecular formula is C27H17BrN4O6S. The van der Waals surface area contributed by atoms with Gasteiger partial charge in [0.25, 0.3) is 11.2 Å². The monoisotopic (exact) mass is 604 g/mol. The number of aryl methyl sites for hydroxylation is 1. The summed E-state index contributed by atoms with van der Waals surface area (Å²) in [6.45, 7) is 0. The Hall–Kier alpha value is -4.42. The Labute approximate surface area is 231 Å². The minimum absolute atomic E-state index is 0.0776. The number of allylic oxidation sites excluding steroid dienone is 1. The summed E-state index contributed by atoms with van der Waals surface area (Å²) < 4.78 is 1.95. The van der Waals surface area contributed by atoms with Crippen molar-refractivity contribution in [1.82, 2.24) is 4.57 Å². The van der Waals surface area contributed by atoms with Crippen LogP contribution in [0, 0.1) is 20.2 Å². The zero-order valence-corrected chi connectivity index (χ0v) is 22.3. The lowest BCUT2D eigenvalue weighted by Crippen LogP contribution is -2.38. The third-order valence-corrected chi connectivity index (χ3v) is 8.42. The van der Waals surface area contributed by atoms with Gasteiger partial charge in [-0.05, 0) is 63.2 Å². The van der Waals surface area contributed by atoms with Crippen molar-refractivity contribution < 1.29 is 15.0 Å². The van der Waals surface area contributed by atoms with Crippen molar-refractivity contribution >= 4 is 50.4 Å². The number of phenolic OH excluding ortho intramolecular Hbond substituents is 1. The highest BCUT2D eigenvalue weighted by Crippen LogP contribution is 2.41. The van der Waals surface area contributed by atoms with Crippen LogP contribution < -0.4 is 14.9 Å². The lowest BCUT2D eigenvalue weighted by atomic mass is 9.83. The van der Waals surface area contributed by atoms with Crippen molar-refractivity contribution in [3.05, 3.63) is 133 Å². The van der Waals surface area contributed by atoms with E-state index in [4.69, 9.17) is 4.99 Å². The number of aromatic nitrogens is 1. The van der Waals surface area contributed by atoms with Crippen LogP contribution in [0.4, 0.5) is 11.4 Å². The van der Waals surface area contributed by atoms with Crippen molar-refractivity contribution in [3.63, 3.8) is 0 Å². The SMILES string of the molecule is O=c1/c(=C/c2cc(Br)c(O)c([N+](=O)[O-])c2)sc2n1C(c1cccc([N+](=O)[O-])c1)C1=C(N=2)c2ccccc2CC1. The zero-order valence-electron chi connectivity index (χ0n) is 19.9. The molecule has 0 bridgehead atoms. The molecule has 194 valence electrons. The first-order chi connectivity index (χ1) is 18.7. The average molecular weight is 605 g/mol. The van der Waals surface area contributed by atoms with Crippen LogP contribution in [0.1, 0.15) is 34.7 Å². The van der Waals surface area contributed by atoms with Gasteiger partial charge in [-0.3, -0.25) is 29.6 Å². The Morgan fingerprint density at radius 2 is 1.85 bits per heavy atom. The minimum Gasteiger partial charge on any atom is -0.501 e. The molecular weight excluding hydrogens is 588 g/mol. The molecule has 1 aliphatic heterocycles. The fraction of sp³-hybridized carbons (Fsp3) is 0.111. The highest BCUT2D eigenvalue weighted by atomic mass is 79.9. The van der Waals surface area contributed by atoms with Gasteiger partial charge < -0.3 is 5.11 Å². The molecule has 0 saturated heterocycles. The van der Waals surface area contributed by atoms with E-state index in [1.165, 1.54) is 30.3 Å². The predicted molar refractivity (Wildman–Crippen MR) is 148 cm³/mol. The van der Waals surface area contributed by atoms with Gasteiger partial charge in [0.15, 0.2) is 4.80 Å². The van der Waals surface area contributed by atoms with Crippen molar-refractivity contribution in [2.24, 2.45) is 4.99 Å². The molecule has 1 N–H and O–H groups in total. The van der Waals surface area contributed by atoms with Gasteiger partial charge in [-0.15, -0.1) is 0 Å². The average Bonchev–Trinajstić information content (AvgIpc) is 3.23. The van der Waals surface area contributed by atoms with Crippen molar-refractivity contribution in [2.45, 2.75) is 18.9 Å². The second-order valence-corrected chi connectivity index (χ2v) is 11.0. The van der Waals surface area contributed by atoms with Crippen LogP contribution in [-0.2, 0) is 6.42 Å². The quantitative estimate of drug-likeness (QED) is 0.266. The number of aromatic hydroxyl groups is 1. The number of nitro groups is 2. The van der Waals surface area contributed by atoms with E-state index in [2.05, 4.69) is 15.9 Å². The summed E-state index contributed by atoms with van der Waals surface area (Å²) in [6.07, 6.45) is 2.89. The molecule has 2 aliphatic rings. The van der Waals surface area contributed by atoms with Crippen LogP contribution in [-0.4, -0.2) is 19.5 Å². The molecule has 0 amide bonds. The smallest absolute Gasteiger partial charge is 0.312 e. The van der Waals surface area contributed by atoms with E-state index in [0.717, 1.165) is 40.2 Å². The van der Waals surface area contributed by atoms with E-state index in [-0.39, 0.29) is 20.3 Å². The molecule has 2 heterocycles. The third-order valence-electron chi connectivity index (χ3n) is 6.83. The van der Waals surface area contributed by atoms with Crippen molar-refractivity contribution in [2.75, 3.05) is 0 Å². The first kappa shape index (κ1) is 24.9. The molecule has 4 aromatic rings. The number of thiazole rings is 1.